The Hall–Kier alpha value is -0.0100. The minimum absolute atomic E-state index is 0.281. The predicted molar refractivity (Wildman–Crippen MR) is 91.6 cm³/mol. The van der Waals surface area contributed by atoms with Crippen molar-refractivity contribution in [1.82, 2.24) is 0 Å². The molecule has 0 aliphatic carbocycles. The molecule has 0 fully saturated rings. The predicted octanol–water partition coefficient (Wildman–Crippen LogP) is 6.24. The summed E-state index contributed by atoms with van der Waals surface area (Å²) in [6.07, 6.45) is 22.7. The molecule has 0 rings (SSSR count). The molecule has 0 atom stereocenters. The Bertz CT molecular complexity index is 192. The van der Waals surface area contributed by atoms with Crippen LogP contribution in [0.4, 0.5) is 0 Å². The summed E-state index contributed by atoms with van der Waals surface area (Å²) in [7, 11) is 0. The Morgan fingerprint density at radius 3 is 1.40 bits per heavy atom. The molecule has 2 heteroatoms. The van der Waals surface area contributed by atoms with E-state index in [2.05, 4.69) is 12.2 Å². The first-order valence-corrected chi connectivity index (χ1v) is 9.27. The van der Waals surface area contributed by atoms with Gasteiger partial charge < -0.3 is 5.11 Å². The normalized spacial score (nSPS) is 11.5. The molecule has 1 N–H and O–H groups in total. The molecule has 0 radical (unpaired) electrons. The minimum Gasteiger partial charge on any atom is -0.396 e. The molecule has 0 aromatic carbocycles. The monoisotopic (exact) mass is 302 g/mol. The maximum Gasteiger partial charge on any atom is 0.0465 e. The lowest BCUT2D eigenvalue weighted by atomic mass is 10.0. The van der Waals surface area contributed by atoms with E-state index in [0.717, 1.165) is 12.3 Å². The highest BCUT2D eigenvalue weighted by Gasteiger charge is 1.93. The van der Waals surface area contributed by atoms with E-state index in [4.69, 9.17) is 16.7 Å². The first kappa shape index (κ1) is 20.0. The molecule has 0 saturated heterocycles. The summed E-state index contributed by atoms with van der Waals surface area (Å²) < 4.78 is 0. The zero-order chi connectivity index (χ0) is 14.7. The highest BCUT2D eigenvalue weighted by Crippen LogP contribution is 2.12. The first-order chi connectivity index (χ1) is 9.91. The van der Waals surface area contributed by atoms with Gasteiger partial charge >= 0.3 is 0 Å². The number of halogens is 1. The second-order valence-corrected chi connectivity index (χ2v) is 6.08. The van der Waals surface area contributed by atoms with Gasteiger partial charge in [-0.2, -0.15) is 0 Å². The Labute approximate surface area is 131 Å². The molecule has 20 heavy (non-hydrogen) atoms. The van der Waals surface area contributed by atoms with E-state index in [-0.39, 0.29) is 6.61 Å². The van der Waals surface area contributed by atoms with Crippen molar-refractivity contribution in [3.63, 3.8) is 0 Å². The summed E-state index contributed by atoms with van der Waals surface area (Å²) in [5.41, 5.74) is 0. The standard InChI is InChI=1S/C18H35ClO/c19-17-15-13-11-9-7-5-3-1-2-4-6-8-10-12-14-16-18-20/h12,14,20H,1-11,13,15-18H2/b14-12+. The Morgan fingerprint density at radius 1 is 0.550 bits per heavy atom. The summed E-state index contributed by atoms with van der Waals surface area (Å²) in [6, 6.07) is 0. The summed E-state index contributed by atoms with van der Waals surface area (Å²) in [6.45, 7) is 0.281. The third kappa shape index (κ3) is 18.0. The second-order valence-electron chi connectivity index (χ2n) is 5.70. The topological polar surface area (TPSA) is 20.2 Å². The summed E-state index contributed by atoms with van der Waals surface area (Å²) >= 11 is 5.65. The fourth-order valence-electron chi connectivity index (χ4n) is 2.43. The third-order valence-electron chi connectivity index (χ3n) is 3.72. The summed E-state index contributed by atoms with van der Waals surface area (Å²) in [4.78, 5) is 0. The van der Waals surface area contributed by atoms with Crippen LogP contribution in [0, 0.1) is 0 Å². The molecule has 0 aromatic rings. The molecule has 0 aliphatic heterocycles. The number of rotatable bonds is 16. The number of unbranched alkanes of at least 4 members (excludes halogenated alkanes) is 12. The molecule has 1 nitrogen and oxygen atoms in total. The van der Waals surface area contributed by atoms with Crippen LogP contribution >= 0.6 is 11.6 Å². The van der Waals surface area contributed by atoms with Gasteiger partial charge in [-0.3, -0.25) is 0 Å². The van der Waals surface area contributed by atoms with Crippen LogP contribution in [0.1, 0.15) is 89.9 Å². The van der Waals surface area contributed by atoms with Gasteiger partial charge in [-0.1, -0.05) is 76.4 Å². The van der Waals surface area contributed by atoms with Crippen molar-refractivity contribution in [2.24, 2.45) is 0 Å². The molecule has 0 heterocycles. The average Bonchev–Trinajstić information content (AvgIpc) is 2.47. The van der Waals surface area contributed by atoms with E-state index < -0.39 is 0 Å². The van der Waals surface area contributed by atoms with Crippen molar-refractivity contribution in [3.8, 4) is 0 Å². The number of hydrogen-bond acceptors (Lipinski definition) is 1. The number of aliphatic hydroxyl groups is 1. The van der Waals surface area contributed by atoms with Crippen molar-refractivity contribution in [2.45, 2.75) is 89.9 Å². The molecular weight excluding hydrogens is 268 g/mol. The molecule has 0 aliphatic rings. The fourth-order valence-corrected chi connectivity index (χ4v) is 2.62. The van der Waals surface area contributed by atoms with Crippen molar-refractivity contribution in [3.05, 3.63) is 12.2 Å². The van der Waals surface area contributed by atoms with Gasteiger partial charge in [-0.25, -0.2) is 0 Å². The lowest BCUT2D eigenvalue weighted by molar-refractivity contribution is 0.302. The lowest BCUT2D eigenvalue weighted by Gasteiger charge is -2.02. The van der Waals surface area contributed by atoms with Crippen LogP contribution in [0.5, 0.6) is 0 Å². The van der Waals surface area contributed by atoms with Gasteiger partial charge in [0.05, 0.1) is 0 Å². The number of aliphatic hydroxyl groups excluding tert-OH is 1. The third-order valence-corrected chi connectivity index (χ3v) is 3.98. The molecule has 0 amide bonds. The number of alkyl halides is 1. The maximum atomic E-state index is 8.62. The van der Waals surface area contributed by atoms with Crippen molar-refractivity contribution in [2.75, 3.05) is 12.5 Å². The van der Waals surface area contributed by atoms with Crippen LogP contribution in [0.25, 0.3) is 0 Å². The quantitative estimate of drug-likeness (QED) is 0.203. The van der Waals surface area contributed by atoms with E-state index in [0.29, 0.717) is 0 Å². The number of allylic oxidation sites excluding steroid dienone is 1. The van der Waals surface area contributed by atoms with Crippen LogP contribution in [0.3, 0.4) is 0 Å². The van der Waals surface area contributed by atoms with Crippen molar-refractivity contribution >= 4 is 11.6 Å². The Balaban J connectivity index is 2.96. The van der Waals surface area contributed by atoms with E-state index in [1.807, 2.05) is 0 Å². The van der Waals surface area contributed by atoms with Crippen molar-refractivity contribution < 1.29 is 5.11 Å². The van der Waals surface area contributed by atoms with E-state index in [1.54, 1.807) is 0 Å². The molecule has 0 spiro atoms. The molecule has 0 aromatic heterocycles. The lowest BCUT2D eigenvalue weighted by Crippen LogP contribution is -1.83. The largest absolute Gasteiger partial charge is 0.396 e. The average molecular weight is 303 g/mol. The van der Waals surface area contributed by atoms with Crippen LogP contribution in [-0.4, -0.2) is 17.6 Å². The van der Waals surface area contributed by atoms with Gasteiger partial charge in [0.2, 0.25) is 0 Å². The van der Waals surface area contributed by atoms with Gasteiger partial charge in [0, 0.05) is 12.5 Å². The summed E-state index contributed by atoms with van der Waals surface area (Å²) in [5.74, 6) is 0.831. The van der Waals surface area contributed by atoms with Crippen LogP contribution < -0.4 is 0 Å². The smallest absolute Gasteiger partial charge is 0.0465 e. The van der Waals surface area contributed by atoms with Gasteiger partial charge in [0.1, 0.15) is 0 Å². The highest BCUT2D eigenvalue weighted by atomic mass is 35.5. The second kappa shape index (κ2) is 19.0. The van der Waals surface area contributed by atoms with Gasteiger partial charge in [-0.15, -0.1) is 11.6 Å². The molecule has 0 unspecified atom stereocenters. The zero-order valence-electron chi connectivity index (χ0n) is 13.3. The van der Waals surface area contributed by atoms with E-state index in [1.165, 1.54) is 83.5 Å². The maximum absolute atomic E-state index is 8.62. The van der Waals surface area contributed by atoms with Crippen LogP contribution in [0.15, 0.2) is 12.2 Å². The van der Waals surface area contributed by atoms with Gasteiger partial charge in [0.25, 0.3) is 0 Å². The minimum atomic E-state index is 0.281. The van der Waals surface area contributed by atoms with E-state index in [9.17, 15) is 0 Å². The molecule has 0 bridgehead atoms. The molecule has 0 saturated carbocycles. The van der Waals surface area contributed by atoms with E-state index >= 15 is 0 Å². The van der Waals surface area contributed by atoms with Gasteiger partial charge in [0.15, 0.2) is 0 Å². The molecular formula is C18H35ClO. The SMILES string of the molecule is OCC/C=C/CCCCCCCCCCCCCCCl. The summed E-state index contributed by atoms with van der Waals surface area (Å²) in [5, 5.41) is 8.62. The van der Waals surface area contributed by atoms with Crippen LogP contribution in [-0.2, 0) is 0 Å². The van der Waals surface area contributed by atoms with Crippen LogP contribution in [0.2, 0.25) is 0 Å². The van der Waals surface area contributed by atoms with Gasteiger partial charge in [-0.05, 0) is 25.7 Å². The first-order valence-electron chi connectivity index (χ1n) is 8.73. The van der Waals surface area contributed by atoms with Crippen molar-refractivity contribution in [1.29, 1.82) is 0 Å². The zero-order valence-corrected chi connectivity index (χ0v) is 14.0. The molecule has 120 valence electrons. The number of hydrogen-bond donors (Lipinski definition) is 1. The Morgan fingerprint density at radius 2 is 0.950 bits per heavy atom. The highest BCUT2D eigenvalue weighted by molar-refractivity contribution is 6.17. The fraction of sp³-hybridized carbons (Fsp3) is 0.889. The Kier molecular flexibility index (Phi) is 19.0.